The van der Waals surface area contributed by atoms with Crippen LogP contribution in [0.3, 0.4) is 0 Å². The summed E-state index contributed by atoms with van der Waals surface area (Å²) in [6.07, 6.45) is 0.0601. The van der Waals surface area contributed by atoms with Crippen molar-refractivity contribution >= 4 is 17.6 Å². The lowest BCUT2D eigenvalue weighted by molar-refractivity contribution is -0.142. The van der Waals surface area contributed by atoms with E-state index in [9.17, 15) is 4.79 Å². The van der Waals surface area contributed by atoms with Gasteiger partial charge >= 0.3 is 5.97 Å². The maximum atomic E-state index is 11.4. The molecule has 96 valence electrons. The number of hydrogen-bond acceptors (Lipinski definition) is 4. The minimum absolute atomic E-state index is 0.0601. The summed E-state index contributed by atoms with van der Waals surface area (Å²) in [4.78, 5) is 11.4. The molecule has 0 bridgehead atoms. The van der Waals surface area contributed by atoms with E-state index in [1.165, 1.54) is 7.11 Å². The van der Waals surface area contributed by atoms with Gasteiger partial charge in [-0.05, 0) is 24.6 Å². The quantitative estimate of drug-likeness (QED) is 0.607. The Kier molecular flexibility index (Phi) is 5.47. The van der Waals surface area contributed by atoms with Gasteiger partial charge in [-0.1, -0.05) is 0 Å². The zero-order valence-corrected chi connectivity index (χ0v) is 11.1. The van der Waals surface area contributed by atoms with E-state index in [-0.39, 0.29) is 18.3 Å². The number of rotatable bonds is 5. The number of benzene rings is 1. The second-order valence-corrected chi connectivity index (χ2v) is 3.82. The van der Waals surface area contributed by atoms with Crippen molar-refractivity contribution in [3.05, 3.63) is 28.8 Å². The minimum atomic E-state index is -0.361. The van der Waals surface area contributed by atoms with E-state index in [1.54, 1.807) is 19.1 Å². The van der Waals surface area contributed by atoms with Crippen LogP contribution in [0.25, 0.3) is 0 Å². The molecule has 4 nitrogen and oxygen atoms in total. The highest BCUT2D eigenvalue weighted by molar-refractivity contribution is 6.17. The van der Waals surface area contributed by atoms with Crippen molar-refractivity contribution < 1.29 is 14.3 Å². The van der Waals surface area contributed by atoms with Gasteiger partial charge in [-0.3, -0.25) is 4.79 Å². The lowest BCUT2D eigenvalue weighted by atomic mass is 10.0. The van der Waals surface area contributed by atoms with E-state index in [4.69, 9.17) is 26.3 Å². The lowest BCUT2D eigenvalue weighted by Gasteiger charge is -2.10. The molecule has 0 saturated heterocycles. The summed E-state index contributed by atoms with van der Waals surface area (Å²) >= 11 is 5.80. The van der Waals surface area contributed by atoms with Crippen LogP contribution in [0.15, 0.2) is 12.1 Å². The van der Waals surface area contributed by atoms with Crippen LogP contribution in [-0.2, 0) is 21.8 Å². The van der Waals surface area contributed by atoms with Gasteiger partial charge in [-0.25, -0.2) is 0 Å². The summed E-state index contributed by atoms with van der Waals surface area (Å²) in [5.74, 6) is 0.443. The van der Waals surface area contributed by atoms with E-state index in [0.29, 0.717) is 23.5 Å². The van der Waals surface area contributed by atoms with E-state index in [1.807, 2.05) is 6.07 Å². The van der Waals surface area contributed by atoms with Crippen LogP contribution < -0.4 is 4.74 Å². The van der Waals surface area contributed by atoms with Gasteiger partial charge in [-0.2, -0.15) is 5.26 Å². The highest BCUT2D eigenvalue weighted by atomic mass is 35.5. The van der Waals surface area contributed by atoms with Crippen molar-refractivity contribution in [1.29, 1.82) is 5.26 Å². The first-order valence-corrected chi connectivity index (χ1v) is 6.01. The smallest absolute Gasteiger partial charge is 0.310 e. The van der Waals surface area contributed by atoms with Gasteiger partial charge in [0.05, 0.1) is 37.7 Å². The Bertz CT molecular complexity index is 480. The highest BCUT2D eigenvalue weighted by Gasteiger charge is 2.13. The average molecular weight is 268 g/mol. The van der Waals surface area contributed by atoms with Crippen molar-refractivity contribution in [2.45, 2.75) is 19.2 Å². The Morgan fingerprint density at radius 3 is 2.67 bits per heavy atom. The van der Waals surface area contributed by atoms with E-state index in [2.05, 4.69) is 0 Å². The molecule has 18 heavy (non-hydrogen) atoms. The number of carbonyl (C=O) groups is 1. The molecule has 0 fully saturated rings. The first kappa shape index (κ1) is 14.3. The van der Waals surface area contributed by atoms with E-state index < -0.39 is 0 Å². The highest BCUT2D eigenvalue weighted by Crippen LogP contribution is 2.25. The van der Waals surface area contributed by atoms with Crippen molar-refractivity contribution in [2.24, 2.45) is 0 Å². The van der Waals surface area contributed by atoms with E-state index in [0.717, 1.165) is 5.56 Å². The molecule has 1 aromatic rings. The molecule has 5 heteroatoms. The number of halogens is 1. The average Bonchev–Trinajstić information content (AvgIpc) is 2.38. The number of nitriles is 1. The summed E-state index contributed by atoms with van der Waals surface area (Å²) < 4.78 is 10.00. The molecular formula is C13H14ClNO3. The Hall–Kier alpha value is -1.73. The van der Waals surface area contributed by atoms with Gasteiger partial charge in [0.25, 0.3) is 0 Å². The largest absolute Gasteiger partial charge is 0.496 e. The molecular weight excluding hydrogens is 254 g/mol. The molecule has 0 amide bonds. The maximum Gasteiger partial charge on any atom is 0.310 e. The van der Waals surface area contributed by atoms with Gasteiger partial charge in [0, 0.05) is 5.56 Å². The molecule has 0 heterocycles. The van der Waals surface area contributed by atoms with Crippen LogP contribution in [0.4, 0.5) is 0 Å². The first-order valence-electron chi connectivity index (χ1n) is 5.47. The van der Waals surface area contributed by atoms with Crippen LogP contribution >= 0.6 is 11.6 Å². The van der Waals surface area contributed by atoms with Crippen molar-refractivity contribution in [2.75, 3.05) is 13.7 Å². The summed E-state index contributed by atoms with van der Waals surface area (Å²) in [7, 11) is 1.51. The van der Waals surface area contributed by atoms with Crippen LogP contribution in [0.5, 0.6) is 5.75 Å². The fourth-order valence-corrected chi connectivity index (χ4v) is 1.80. The number of ether oxygens (including phenoxy) is 2. The summed E-state index contributed by atoms with van der Waals surface area (Å²) in [6, 6.07) is 5.34. The molecule has 1 aromatic carbocycles. The third-order valence-corrected chi connectivity index (χ3v) is 2.70. The van der Waals surface area contributed by atoms with Gasteiger partial charge in [0.15, 0.2) is 0 Å². The molecule has 0 aliphatic rings. The molecule has 0 aliphatic heterocycles. The Labute approximate surface area is 111 Å². The maximum absolute atomic E-state index is 11.4. The molecule has 0 N–H and O–H groups in total. The van der Waals surface area contributed by atoms with Crippen molar-refractivity contribution in [3.63, 3.8) is 0 Å². The zero-order valence-electron chi connectivity index (χ0n) is 10.3. The number of nitrogens with zero attached hydrogens (tertiary/aromatic N) is 1. The summed E-state index contributed by atoms with van der Waals surface area (Å²) in [6.45, 7) is 2.06. The molecule has 0 unspecified atom stereocenters. The van der Waals surface area contributed by atoms with Crippen LogP contribution in [0.1, 0.15) is 23.6 Å². The van der Waals surface area contributed by atoms with Gasteiger partial charge in [-0.15, -0.1) is 11.6 Å². The van der Waals surface area contributed by atoms with Crippen LogP contribution in [0, 0.1) is 11.3 Å². The summed E-state index contributed by atoms with van der Waals surface area (Å²) in [5.41, 5.74) is 1.75. The molecule has 0 atom stereocenters. The monoisotopic (exact) mass is 267 g/mol. The predicted molar refractivity (Wildman–Crippen MR) is 67.6 cm³/mol. The fraction of sp³-hybridized carbons (Fsp3) is 0.385. The lowest BCUT2D eigenvalue weighted by Crippen LogP contribution is -2.09. The molecule has 0 aliphatic carbocycles. The number of esters is 1. The molecule has 0 radical (unpaired) electrons. The molecule has 1 rings (SSSR count). The topological polar surface area (TPSA) is 59.3 Å². The second-order valence-electron chi connectivity index (χ2n) is 3.55. The minimum Gasteiger partial charge on any atom is -0.496 e. The standard InChI is InChI=1S/C13H14ClNO3/c1-3-18-13(16)6-9-4-10(7-14)12(17-2)5-11(9)8-15/h4-5H,3,6-7H2,1-2H3. The number of alkyl halides is 1. The third kappa shape index (κ3) is 3.38. The second kappa shape index (κ2) is 6.87. The zero-order chi connectivity index (χ0) is 13.5. The van der Waals surface area contributed by atoms with Crippen LogP contribution in [-0.4, -0.2) is 19.7 Å². The number of carbonyl (C=O) groups excluding carboxylic acids is 1. The fourth-order valence-electron chi connectivity index (χ4n) is 1.59. The van der Waals surface area contributed by atoms with Gasteiger partial charge in [0.2, 0.25) is 0 Å². The number of hydrogen-bond donors (Lipinski definition) is 0. The number of methoxy groups -OCH3 is 1. The SMILES string of the molecule is CCOC(=O)Cc1cc(CCl)c(OC)cc1C#N. The molecule has 0 spiro atoms. The van der Waals surface area contributed by atoms with Crippen molar-refractivity contribution in [3.8, 4) is 11.8 Å². The normalized spacial score (nSPS) is 9.67. The molecule has 0 saturated carbocycles. The third-order valence-electron chi connectivity index (χ3n) is 2.41. The first-order chi connectivity index (χ1) is 8.65. The summed E-state index contributed by atoms with van der Waals surface area (Å²) in [5, 5.41) is 9.05. The van der Waals surface area contributed by atoms with Gasteiger partial charge in [0.1, 0.15) is 5.75 Å². The Morgan fingerprint density at radius 1 is 1.44 bits per heavy atom. The Balaban J connectivity index is 3.10. The predicted octanol–water partition coefficient (Wildman–Crippen LogP) is 2.41. The Morgan fingerprint density at radius 2 is 2.17 bits per heavy atom. The van der Waals surface area contributed by atoms with Gasteiger partial charge < -0.3 is 9.47 Å². The molecule has 0 aromatic heterocycles. The van der Waals surface area contributed by atoms with E-state index >= 15 is 0 Å². The van der Waals surface area contributed by atoms with Crippen molar-refractivity contribution in [1.82, 2.24) is 0 Å². The van der Waals surface area contributed by atoms with Crippen LogP contribution in [0.2, 0.25) is 0 Å².